The molecule has 1 aromatic heterocycles. The normalized spacial score (nSPS) is 21.4. The summed E-state index contributed by atoms with van der Waals surface area (Å²) in [5.41, 5.74) is 0.660. The van der Waals surface area contributed by atoms with Crippen molar-refractivity contribution < 1.29 is 0 Å². The molecule has 14 heavy (non-hydrogen) atoms. The summed E-state index contributed by atoms with van der Waals surface area (Å²) in [5, 5.41) is 3.29. The van der Waals surface area contributed by atoms with Crippen LogP contribution in [0.1, 0.15) is 12.1 Å². The molecule has 1 N–H and O–H groups in total. The van der Waals surface area contributed by atoms with Gasteiger partial charge >= 0.3 is 5.69 Å². The van der Waals surface area contributed by atoms with Gasteiger partial charge in [-0.15, -0.1) is 0 Å². The molecule has 4 nitrogen and oxygen atoms in total. The van der Waals surface area contributed by atoms with Crippen molar-refractivity contribution in [1.29, 1.82) is 0 Å². The monoisotopic (exact) mass is 193 g/mol. The highest BCUT2D eigenvalue weighted by molar-refractivity contribution is 4.95. The molecule has 1 saturated heterocycles. The number of rotatable bonds is 2. The fourth-order valence-corrected chi connectivity index (χ4v) is 1.80. The van der Waals surface area contributed by atoms with Gasteiger partial charge in [-0.3, -0.25) is 4.57 Å². The maximum atomic E-state index is 11.5. The molecule has 1 aromatic rings. The number of aromatic nitrogens is 2. The first-order valence-corrected chi connectivity index (χ1v) is 5.00. The summed E-state index contributed by atoms with van der Waals surface area (Å²) >= 11 is 0. The zero-order chi connectivity index (χ0) is 9.97. The van der Waals surface area contributed by atoms with Crippen molar-refractivity contribution in [3.8, 4) is 0 Å². The van der Waals surface area contributed by atoms with Gasteiger partial charge in [0.05, 0.1) is 0 Å². The molecule has 1 atom stereocenters. The van der Waals surface area contributed by atoms with Gasteiger partial charge in [-0.25, -0.2) is 4.79 Å². The minimum atomic E-state index is -0.128. The molecule has 1 aliphatic rings. The zero-order valence-corrected chi connectivity index (χ0v) is 8.36. The molecule has 0 radical (unpaired) electrons. The van der Waals surface area contributed by atoms with E-state index in [4.69, 9.17) is 0 Å². The van der Waals surface area contributed by atoms with E-state index in [-0.39, 0.29) is 5.69 Å². The molecular weight excluding hydrogens is 178 g/mol. The Morgan fingerprint density at radius 3 is 3.21 bits per heavy atom. The van der Waals surface area contributed by atoms with Crippen LogP contribution in [0.2, 0.25) is 0 Å². The lowest BCUT2D eigenvalue weighted by molar-refractivity contribution is 0.465. The Bertz CT molecular complexity index is 366. The summed E-state index contributed by atoms with van der Waals surface area (Å²) in [5.74, 6) is 0.581. The Hall–Kier alpha value is -1.16. The number of nitrogens with one attached hydrogen (secondary N) is 1. The second-order valence-electron chi connectivity index (χ2n) is 3.86. The predicted molar refractivity (Wildman–Crippen MR) is 54.2 cm³/mol. The van der Waals surface area contributed by atoms with Crippen LogP contribution in [0, 0.1) is 12.8 Å². The van der Waals surface area contributed by atoms with Crippen LogP contribution in [-0.2, 0) is 6.54 Å². The summed E-state index contributed by atoms with van der Waals surface area (Å²) < 4.78 is 1.70. The van der Waals surface area contributed by atoms with Crippen LogP contribution in [0.5, 0.6) is 0 Å². The number of hydrogen-bond donors (Lipinski definition) is 1. The SMILES string of the molecule is Cc1ccn(CC2CCNC2)c(=O)n1. The van der Waals surface area contributed by atoms with Gasteiger partial charge in [-0.2, -0.15) is 4.98 Å². The number of hydrogen-bond acceptors (Lipinski definition) is 3. The van der Waals surface area contributed by atoms with E-state index in [1.807, 2.05) is 19.2 Å². The first-order valence-electron chi connectivity index (χ1n) is 5.00. The zero-order valence-electron chi connectivity index (χ0n) is 8.36. The van der Waals surface area contributed by atoms with Crippen molar-refractivity contribution in [3.63, 3.8) is 0 Å². The van der Waals surface area contributed by atoms with Gasteiger partial charge in [0.15, 0.2) is 0 Å². The van der Waals surface area contributed by atoms with Gasteiger partial charge in [0, 0.05) is 18.4 Å². The lowest BCUT2D eigenvalue weighted by Gasteiger charge is -2.09. The van der Waals surface area contributed by atoms with E-state index in [9.17, 15) is 4.79 Å². The van der Waals surface area contributed by atoms with Crippen LogP contribution >= 0.6 is 0 Å². The lowest BCUT2D eigenvalue weighted by Crippen LogP contribution is -2.26. The summed E-state index contributed by atoms with van der Waals surface area (Å²) in [6.45, 7) is 4.71. The van der Waals surface area contributed by atoms with E-state index in [1.165, 1.54) is 0 Å². The molecule has 1 unspecified atom stereocenters. The van der Waals surface area contributed by atoms with E-state index >= 15 is 0 Å². The molecular formula is C10H15N3O. The molecule has 1 aliphatic heterocycles. The third-order valence-electron chi connectivity index (χ3n) is 2.63. The van der Waals surface area contributed by atoms with Crippen LogP contribution in [0.15, 0.2) is 17.1 Å². The number of nitrogens with zero attached hydrogens (tertiary/aromatic N) is 2. The third-order valence-corrected chi connectivity index (χ3v) is 2.63. The first kappa shape index (κ1) is 9.40. The van der Waals surface area contributed by atoms with Crippen LogP contribution in [-0.4, -0.2) is 22.6 Å². The second kappa shape index (κ2) is 3.92. The maximum absolute atomic E-state index is 11.5. The molecule has 76 valence electrons. The van der Waals surface area contributed by atoms with E-state index in [0.717, 1.165) is 31.7 Å². The molecule has 0 bridgehead atoms. The quantitative estimate of drug-likeness (QED) is 0.728. The standard InChI is InChI=1S/C10H15N3O/c1-8-3-5-13(10(14)12-8)7-9-2-4-11-6-9/h3,5,9,11H,2,4,6-7H2,1H3. The van der Waals surface area contributed by atoms with Crippen molar-refractivity contribution in [3.05, 3.63) is 28.4 Å². The maximum Gasteiger partial charge on any atom is 0.347 e. The van der Waals surface area contributed by atoms with Gasteiger partial charge in [-0.05, 0) is 38.4 Å². The lowest BCUT2D eigenvalue weighted by atomic mass is 10.1. The topological polar surface area (TPSA) is 46.9 Å². The Morgan fingerprint density at radius 2 is 2.57 bits per heavy atom. The molecule has 2 rings (SSSR count). The van der Waals surface area contributed by atoms with Crippen molar-refractivity contribution >= 4 is 0 Å². The van der Waals surface area contributed by atoms with E-state index in [0.29, 0.717) is 5.92 Å². The van der Waals surface area contributed by atoms with Crippen molar-refractivity contribution in [2.75, 3.05) is 13.1 Å². The minimum Gasteiger partial charge on any atom is -0.316 e. The second-order valence-corrected chi connectivity index (χ2v) is 3.86. The van der Waals surface area contributed by atoms with Crippen molar-refractivity contribution in [1.82, 2.24) is 14.9 Å². The van der Waals surface area contributed by atoms with Gasteiger partial charge in [-0.1, -0.05) is 0 Å². The summed E-state index contributed by atoms with van der Waals surface area (Å²) in [6, 6.07) is 1.88. The Labute approximate surface area is 83.0 Å². The van der Waals surface area contributed by atoms with E-state index < -0.39 is 0 Å². The van der Waals surface area contributed by atoms with E-state index in [2.05, 4.69) is 10.3 Å². The fraction of sp³-hybridized carbons (Fsp3) is 0.600. The summed E-state index contributed by atoms with van der Waals surface area (Å²) in [4.78, 5) is 15.4. The highest BCUT2D eigenvalue weighted by atomic mass is 16.1. The summed E-state index contributed by atoms with van der Waals surface area (Å²) in [7, 11) is 0. The van der Waals surface area contributed by atoms with Gasteiger partial charge in [0.1, 0.15) is 0 Å². The number of aryl methyl sites for hydroxylation is 1. The van der Waals surface area contributed by atoms with Crippen LogP contribution < -0.4 is 11.0 Å². The average molecular weight is 193 g/mol. The molecule has 0 aliphatic carbocycles. The van der Waals surface area contributed by atoms with Crippen LogP contribution in [0.25, 0.3) is 0 Å². The highest BCUT2D eigenvalue weighted by Gasteiger charge is 2.15. The highest BCUT2D eigenvalue weighted by Crippen LogP contribution is 2.08. The van der Waals surface area contributed by atoms with Crippen LogP contribution in [0.4, 0.5) is 0 Å². The Kier molecular flexibility index (Phi) is 2.63. The molecule has 4 heteroatoms. The van der Waals surface area contributed by atoms with Gasteiger partial charge in [0.25, 0.3) is 0 Å². The molecule has 1 fully saturated rings. The largest absolute Gasteiger partial charge is 0.347 e. The molecule has 0 spiro atoms. The van der Waals surface area contributed by atoms with Gasteiger partial charge in [0.2, 0.25) is 0 Å². The Morgan fingerprint density at radius 1 is 1.71 bits per heavy atom. The third kappa shape index (κ3) is 2.01. The predicted octanol–water partition coefficient (Wildman–Crippen LogP) is 0.161. The summed E-state index contributed by atoms with van der Waals surface area (Å²) in [6.07, 6.45) is 2.99. The van der Waals surface area contributed by atoms with Crippen molar-refractivity contribution in [2.24, 2.45) is 5.92 Å². The molecule has 0 aromatic carbocycles. The van der Waals surface area contributed by atoms with Crippen molar-refractivity contribution in [2.45, 2.75) is 19.9 Å². The molecule has 0 amide bonds. The van der Waals surface area contributed by atoms with Crippen LogP contribution in [0.3, 0.4) is 0 Å². The average Bonchev–Trinajstić information content (AvgIpc) is 2.62. The van der Waals surface area contributed by atoms with Gasteiger partial charge < -0.3 is 5.32 Å². The first-order chi connectivity index (χ1) is 6.75. The fourth-order valence-electron chi connectivity index (χ4n) is 1.80. The molecule has 2 heterocycles. The van der Waals surface area contributed by atoms with E-state index in [1.54, 1.807) is 4.57 Å². The Balaban J connectivity index is 2.12. The molecule has 0 saturated carbocycles. The smallest absolute Gasteiger partial charge is 0.316 e. The minimum absolute atomic E-state index is 0.128.